The third kappa shape index (κ3) is 5.45. The fourth-order valence-corrected chi connectivity index (χ4v) is 4.23. The van der Waals surface area contributed by atoms with E-state index >= 15 is 0 Å². The number of benzene rings is 5. The molecule has 4 N–H and O–H groups in total. The van der Waals surface area contributed by atoms with Crippen LogP contribution in [-0.4, -0.2) is 12.1 Å². The molecule has 4 amide bonds. The molecule has 0 heterocycles. The first kappa shape index (κ1) is 22.9. The molecule has 6 nitrogen and oxygen atoms in total. The molecule has 0 radical (unpaired) electrons. The lowest BCUT2D eigenvalue weighted by Gasteiger charge is -2.13. The fraction of sp³-hybridized carbons (Fsp3) is 0.0667. The number of nitrogens with one attached hydrogen (secondary N) is 4. The molecule has 5 aromatic rings. The number of hydrogen-bond acceptors (Lipinski definition) is 2. The third-order valence-corrected chi connectivity index (χ3v) is 6.00. The number of para-hydroxylation sites is 2. The van der Waals surface area contributed by atoms with Gasteiger partial charge in [-0.05, 0) is 69.1 Å². The average molecular weight is 475 g/mol. The van der Waals surface area contributed by atoms with Crippen LogP contribution in [-0.2, 0) is 13.1 Å². The van der Waals surface area contributed by atoms with E-state index in [4.69, 9.17) is 0 Å². The van der Waals surface area contributed by atoms with Gasteiger partial charge in [0.2, 0.25) is 0 Å². The van der Waals surface area contributed by atoms with E-state index in [1.54, 1.807) is 0 Å². The number of rotatable bonds is 6. The van der Waals surface area contributed by atoms with Gasteiger partial charge in [-0.2, -0.15) is 0 Å². The van der Waals surface area contributed by atoms with E-state index in [2.05, 4.69) is 45.5 Å². The van der Waals surface area contributed by atoms with Crippen molar-refractivity contribution in [1.29, 1.82) is 0 Å². The highest BCUT2D eigenvalue weighted by Crippen LogP contribution is 2.28. The van der Waals surface area contributed by atoms with Crippen LogP contribution in [0.5, 0.6) is 0 Å². The van der Waals surface area contributed by atoms with Gasteiger partial charge in [-0.1, -0.05) is 72.8 Å². The van der Waals surface area contributed by atoms with Gasteiger partial charge in [0, 0.05) is 24.5 Å². The van der Waals surface area contributed by atoms with Gasteiger partial charge in [0.05, 0.1) is 0 Å². The second-order valence-corrected chi connectivity index (χ2v) is 8.48. The normalized spacial score (nSPS) is 10.7. The summed E-state index contributed by atoms with van der Waals surface area (Å²) in [6.07, 6.45) is 0. The first-order valence-corrected chi connectivity index (χ1v) is 11.8. The average Bonchev–Trinajstić information content (AvgIpc) is 2.90. The molecule has 36 heavy (non-hydrogen) atoms. The largest absolute Gasteiger partial charge is 0.334 e. The van der Waals surface area contributed by atoms with Crippen molar-refractivity contribution in [2.75, 3.05) is 10.6 Å². The van der Waals surface area contributed by atoms with Gasteiger partial charge >= 0.3 is 12.1 Å². The third-order valence-electron chi connectivity index (χ3n) is 6.00. The van der Waals surface area contributed by atoms with E-state index in [9.17, 15) is 9.59 Å². The van der Waals surface area contributed by atoms with Crippen LogP contribution in [0.25, 0.3) is 21.5 Å². The number of anilines is 2. The summed E-state index contributed by atoms with van der Waals surface area (Å²) in [6.45, 7) is 0.781. The van der Waals surface area contributed by atoms with E-state index in [0.717, 1.165) is 44.0 Å². The SMILES string of the molecule is O=C(NCc1cccc2cc3cccc(CNC(=O)Nc4ccccc4)c3cc12)Nc1ccccc1. The lowest BCUT2D eigenvalue weighted by Crippen LogP contribution is -2.28. The molecule has 0 aliphatic heterocycles. The molecule has 178 valence electrons. The van der Waals surface area contributed by atoms with Gasteiger partial charge in [-0.3, -0.25) is 0 Å². The lowest BCUT2D eigenvalue weighted by molar-refractivity contribution is 0.251. The second-order valence-electron chi connectivity index (χ2n) is 8.48. The van der Waals surface area contributed by atoms with Crippen LogP contribution < -0.4 is 21.3 Å². The van der Waals surface area contributed by atoms with Crippen molar-refractivity contribution < 1.29 is 9.59 Å². The zero-order chi connectivity index (χ0) is 24.7. The zero-order valence-electron chi connectivity index (χ0n) is 19.6. The van der Waals surface area contributed by atoms with Crippen LogP contribution in [0.2, 0.25) is 0 Å². The fourth-order valence-electron chi connectivity index (χ4n) is 4.23. The molecular weight excluding hydrogens is 448 g/mol. The highest BCUT2D eigenvalue weighted by molar-refractivity contribution is 6.01. The Bertz CT molecular complexity index is 1410. The van der Waals surface area contributed by atoms with Gasteiger partial charge < -0.3 is 21.3 Å². The van der Waals surface area contributed by atoms with Crippen LogP contribution >= 0.6 is 0 Å². The molecular formula is C30H26N4O2. The standard InChI is InChI=1S/C30H26N4O2/c35-29(33-25-13-3-1-4-14-25)31-19-23-11-7-9-21-17-22-10-8-12-24(28(22)18-27(21)23)20-32-30(36)34-26-15-5-2-6-16-26/h1-18H,19-20H2,(H2,31,33,35)(H2,32,34,36). The number of fused-ring (bicyclic) bond motifs is 2. The van der Waals surface area contributed by atoms with E-state index in [-0.39, 0.29) is 12.1 Å². The summed E-state index contributed by atoms with van der Waals surface area (Å²) in [4.78, 5) is 24.8. The van der Waals surface area contributed by atoms with Crippen LogP contribution in [0.3, 0.4) is 0 Å². The van der Waals surface area contributed by atoms with Crippen molar-refractivity contribution in [3.8, 4) is 0 Å². The lowest BCUT2D eigenvalue weighted by atomic mass is 9.97. The van der Waals surface area contributed by atoms with Crippen molar-refractivity contribution in [1.82, 2.24) is 10.6 Å². The Morgan fingerprint density at radius 2 is 0.944 bits per heavy atom. The maximum atomic E-state index is 12.4. The van der Waals surface area contributed by atoms with Gasteiger partial charge in [0.25, 0.3) is 0 Å². The minimum atomic E-state index is -0.256. The van der Waals surface area contributed by atoms with Gasteiger partial charge in [0.1, 0.15) is 0 Å². The second kappa shape index (κ2) is 10.6. The molecule has 5 rings (SSSR count). The number of carbonyl (C=O) groups excluding carboxylic acids is 2. The smallest absolute Gasteiger partial charge is 0.319 e. The Balaban J connectivity index is 1.34. The van der Waals surface area contributed by atoms with Crippen molar-refractivity contribution in [3.63, 3.8) is 0 Å². The molecule has 0 saturated heterocycles. The summed E-state index contributed by atoms with van der Waals surface area (Å²) in [5, 5.41) is 15.9. The topological polar surface area (TPSA) is 82.3 Å². The van der Waals surface area contributed by atoms with E-state index in [1.165, 1.54) is 0 Å². The van der Waals surface area contributed by atoms with Crippen molar-refractivity contribution in [2.24, 2.45) is 0 Å². The summed E-state index contributed by atoms with van der Waals surface area (Å²) < 4.78 is 0. The van der Waals surface area contributed by atoms with Crippen LogP contribution in [0.4, 0.5) is 21.0 Å². The Kier molecular flexibility index (Phi) is 6.76. The molecule has 0 aliphatic carbocycles. The predicted molar refractivity (Wildman–Crippen MR) is 146 cm³/mol. The number of amides is 4. The maximum Gasteiger partial charge on any atom is 0.319 e. The summed E-state index contributed by atoms with van der Waals surface area (Å²) in [7, 11) is 0. The molecule has 0 aliphatic rings. The molecule has 0 bridgehead atoms. The summed E-state index contributed by atoms with van der Waals surface area (Å²) in [5.74, 6) is 0. The zero-order valence-corrected chi connectivity index (χ0v) is 19.6. The summed E-state index contributed by atoms with van der Waals surface area (Å²) in [5.41, 5.74) is 3.52. The maximum absolute atomic E-state index is 12.4. The molecule has 0 aromatic heterocycles. The van der Waals surface area contributed by atoms with Crippen LogP contribution in [0, 0.1) is 0 Å². The summed E-state index contributed by atoms with van der Waals surface area (Å²) >= 11 is 0. The van der Waals surface area contributed by atoms with Crippen molar-refractivity contribution in [2.45, 2.75) is 13.1 Å². The van der Waals surface area contributed by atoms with Gasteiger partial charge in [0.15, 0.2) is 0 Å². The molecule has 0 saturated carbocycles. The number of hydrogen-bond donors (Lipinski definition) is 4. The number of carbonyl (C=O) groups is 2. The quantitative estimate of drug-likeness (QED) is 0.208. The van der Waals surface area contributed by atoms with Crippen LogP contribution in [0.15, 0.2) is 109 Å². The first-order chi connectivity index (χ1) is 17.7. The van der Waals surface area contributed by atoms with Crippen LogP contribution in [0.1, 0.15) is 11.1 Å². The minimum absolute atomic E-state index is 0.256. The van der Waals surface area contributed by atoms with Gasteiger partial charge in [-0.25, -0.2) is 9.59 Å². The monoisotopic (exact) mass is 474 g/mol. The Labute approximate surface area is 209 Å². The van der Waals surface area contributed by atoms with E-state index in [0.29, 0.717) is 13.1 Å². The summed E-state index contributed by atoms with van der Waals surface area (Å²) in [6, 6.07) is 34.7. The minimum Gasteiger partial charge on any atom is -0.334 e. The molecule has 0 fully saturated rings. The Morgan fingerprint density at radius 3 is 1.39 bits per heavy atom. The van der Waals surface area contributed by atoms with Crippen molar-refractivity contribution in [3.05, 3.63) is 120 Å². The van der Waals surface area contributed by atoms with E-state index < -0.39 is 0 Å². The molecule has 0 spiro atoms. The highest BCUT2D eigenvalue weighted by Gasteiger charge is 2.09. The number of urea groups is 2. The molecule has 0 unspecified atom stereocenters. The van der Waals surface area contributed by atoms with Crippen molar-refractivity contribution >= 4 is 45.0 Å². The molecule has 6 heteroatoms. The Morgan fingerprint density at radius 1 is 0.500 bits per heavy atom. The first-order valence-electron chi connectivity index (χ1n) is 11.8. The van der Waals surface area contributed by atoms with Gasteiger partial charge in [-0.15, -0.1) is 0 Å². The molecule has 5 aromatic carbocycles. The van der Waals surface area contributed by atoms with E-state index in [1.807, 2.05) is 84.9 Å². The molecule has 0 atom stereocenters. The highest BCUT2D eigenvalue weighted by atomic mass is 16.2. The Hall–Kier alpha value is -4.84. The predicted octanol–water partition coefficient (Wildman–Crippen LogP) is 6.64.